The molecule has 0 fully saturated rings. The molecule has 48 valence electrons. The molecule has 0 amide bonds. The van der Waals surface area contributed by atoms with E-state index in [1.165, 1.54) is 5.56 Å². The summed E-state index contributed by atoms with van der Waals surface area (Å²) in [5, 5.41) is 0. The van der Waals surface area contributed by atoms with E-state index in [0.717, 1.165) is 0 Å². The number of hydrogen-bond donors (Lipinski definition) is 0. The van der Waals surface area contributed by atoms with Gasteiger partial charge in [-0.05, 0) is 0 Å². The molecule has 0 saturated carbocycles. The molecule has 0 spiro atoms. The summed E-state index contributed by atoms with van der Waals surface area (Å²) in [5.74, 6) is 0. The Balaban J connectivity index is 0.000000187. The molecule has 0 nitrogen and oxygen atoms in total. The van der Waals surface area contributed by atoms with Gasteiger partial charge in [0.05, 0.1) is 0 Å². The number of aryl methyl sites for hydroxylation is 1. The second kappa shape index (κ2) is 6.11. The monoisotopic (exact) mass is 178 g/mol. The topological polar surface area (TPSA) is 0 Å². The maximum atomic E-state index is 2.28. The number of rotatable bonds is 0. The van der Waals surface area contributed by atoms with E-state index in [0.29, 0.717) is 17.4 Å². The Labute approximate surface area is 65.4 Å². The first-order valence-corrected chi connectivity index (χ1v) is 8.08. The normalized spacial score (nSPS) is 7.00. The average Bonchev–Trinajstić information content (AvgIpc) is 2.20. The van der Waals surface area contributed by atoms with E-state index in [2.05, 4.69) is 30.0 Å². The maximum absolute atomic E-state index is 2.28. The van der Waals surface area contributed by atoms with Crippen molar-refractivity contribution in [1.29, 1.82) is 0 Å². The molecule has 0 aliphatic carbocycles. The second-order valence-electron chi connectivity index (χ2n) is 2.04. The first kappa shape index (κ1) is 8.99. The first-order chi connectivity index (χ1) is 4.31. The predicted octanol–water partition coefficient (Wildman–Crippen LogP) is 2.50. The van der Waals surface area contributed by atoms with Gasteiger partial charge in [-0.3, -0.25) is 0 Å². The van der Waals surface area contributed by atoms with Crippen LogP contribution in [-0.2, 0) is 0 Å². The average molecular weight is 179 g/mol. The molecular formula is C8H13Ga. The summed E-state index contributed by atoms with van der Waals surface area (Å²) >= 11 is 0.312. The fourth-order valence-corrected chi connectivity index (χ4v) is 0.470. The third kappa shape index (κ3) is 5.86. The van der Waals surface area contributed by atoms with Crippen LogP contribution in [0, 0.1) is 6.92 Å². The van der Waals surface area contributed by atoms with Crippen LogP contribution >= 0.6 is 0 Å². The SMILES string of the molecule is C[c-]1cccc1.[CH3][Ga+][CH3]. The third-order valence-corrected chi connectivity index (χ3v) is 0.829. The summed E-state index contributed by atoms with van der Waals surface area (Å²) in [7, 11) is 0. The summed E-state index contributed by atoms with van der Waals surface area (Å²) in [6.45, 7) is 2.08. The zero-order valence-electron chi connectivity index (χ0n) is 6.39. The standard InChI is InChI=1S/C6H7.2CH3.Ga/c1-6-4-2-3-5-6;;;/h2-5H,1H3;2*1H3;/q-1;;;+1. The quantitative estimate of drug-likeness (QED) is 0.423. The van der Waals surface area contributed by atoms with Crippen molar-refractivity contribution in [2.75, 3.05) is 0 Å². The van der Waals surface area contributed by atoms with Gasteiger partial charge in [-0.1, -0.05) is 6.92 Å². The van der Waals surface area contributed by atoms with Crippen molar-refractivity contribution in [2.24, 2.45) is 0 Å². The fourth-order valence-electron chi connectivity index (χ4n) is 0.470. The molecule has 0 N–H and O–H groups in total. The Kier molecular flexibility index (Phi) is 6.10. The van der Waals surface area contributed by atoms with Crippen molar-refractivity contribution in [3.63, 3.8) is 0 Å². The van der Waals surface area contributed by atoms with Gasteiger partial charge in [-0.2, -0.15) is 17.7 Å². The van der Waals surface area contributed by atoms with Gasteiger partial charge in [0, 0.05) is 0 Å². The van der Waals surface area contributed by atoms with E-state index in [1.54, 1.807) is 0 Å². The molecule has 0 aliphatic heterocycles. The molecular weight excluding hydrogens is 166 g/mol. The molecule has 0 aromatic heterocycles. The van der Waals surface area contributed by atoms with E-state index in [9.17, 15) is 0 Å². The van der Waals surface area contributed by atoms with E-state index >= 15 is 0 Å². The minimum absolute atomic E-state index is 0.312. The van der Waals surface area contributed by atoms with Gasteiger partial charge in [0.1, 0.15) is 0 Å². The van der Waals surface area contributed by atoms with Crippen LogP contribution < -0.4 is 0 Å². The van der Waals surface area contributed by atoms with Crippen molar-refractivity contribution in [3.05, 3.63) is 29.8 Å². The van der Waals surface area contributed by atoms with Crippen LogP contribution in [0.4, 0.5) is 0 Å². The molecule has 0 saturated heterocycles. The predicted molar refractivity (Wildman–Crippen MR) is 44.3 cm³/mol. The Morgan fingerprint density at radius 3 is 1.56 bits per heavy atom. The summed E-state index contributed by atoms with van der Waals surface area (Å²) in [5.41, 5.74) is 5.91. The zero-order valence-corrected chi connectivity index (χ0v) is 8.81. The molecule has 0 unspecified atom stereocenters. The molecule has 1 aromatic rings. The van der Waals surface area contributed by atoms with Crippen LogP contribution in [0.2, 0.25) is 11.0 Å². The molecule has 1 aromatic carbocycles. The molecule has 1 rings (SSSR count). The van der Waals surface area contributed by atoms with Gasteiger partial charge in [-0.15, -0.1) is 0 Å². The van der Waals surface area contributed by atoms with Crippen LogP contribution in [-0.4, -0.2) is 17.4 Å². The van der Waals surface area contributed by atoms with E-state index in [4.69, 9.17) is 0 Å². The van der Waals surface area contributed by atoms with Gasteiger partial charge >= 0.3 is 28.4 Å². The van der Waals surface area contributed by atoms with Crippen LogP contribution in [0.5, 0.6) is 0 Å². The fraction of sp³-hybridized carbons (Fsp3) is 0.375. The summed E-state index contributed by atoms with van der Waals surface area (Å²) in [4.78, 5) is 0. The molecule has 1 heteroatoms. The Bertz CT molecular complexity index is 119. The summed E-state index contributed by atoms with van der Waals surface area (Å²) in [6, 6.07) is 8.24. The van der Waals surface area contributed by atoms with Crippen molar-refractivity contribution < 1.29 is 0 Å². The summed E-state index contributed by atoms with van der Waals surface area (Å²) < 4.78 is 0. The molecule has 0 aliphatic rings. The van der Waals surface area contributed by atoms with Crippen LogP contribution in [0.15, 0.2) is 24.3 Å². The Morgan fingerprint density at radius 2 is 1.44 bits per heavy atom. The second-order valence-corrected chi connectivity index (χ2v) is 4.46. The van der Waals surface area contributed by atoms with Gasteiger partial charge in [0.2, 0.25) is 0 Å². The van der Waals surface area contributed by atoms with Gasteiger partial charge < -0.3 is 0 Å². The molecule has 0 atom stereocenters. The van der Waals surface area contributed by atoms with Crippen LogP contribution in [0.1, 0.15) is 5.56 Å². The van der Waals surface area contributed by atoms with E-state index in [-0.39, 0.29) is 0 Å². The Morgan fingerprint density at radius 1 is 1.11 bits per heavy atom. The van der Waals surface area contributed by atoms with Crippen molar-refractivity contribution >= 4 is 17.4 Å². The van der Waals surface area contributed by atoms with Crippen LogP contribution in [0.25, 0.3) is 0 Å². The van der Waals surface area contributed by atoms with Crippen molar-refractivity contribution in [3.8, 4) is 0 Å². The van der Waals surface area contributed by atoms with Gasteiger partial charge in [0.25, 0.3) is 0 Å². The van der Waals surface area contributed by atoms with E-state index < -0.39 is 0 Å². The van der Waals surface area contributed by atoms with Crippen molar-refractivity contribution in [1.82, 2.24) is 0 Å². The molecule has 0 bridgehead atoms. The molecule has 0 heterocycles. The summed E-state index contributed by atoms with van der Waals surface area (Å²) in [6.07, 6.45) is 0. The Hall–Kier alpha value is -0.0136. The van der Waals surface area contributed by atoms with Gasteiger partial charge in [0.15, 0.2) is 0 Å². The van der Waals surface area contributed by atoms with Crippen LogP contribution in [0.3, 0.4) is 0 Å². The number of hydrogen-bond acceptors (Lipinski definition) is 0. The first-order valence-electron chi connectivity index (χ1n) is 3.23. The van der Waals surface area contributed by atoms with Crippen molar-refractivity contribution in [2.45, 2.75) is 17.9 Å². The molecule has 0 radical (unpaired) electrons. The third-order valence-electron chi connectivity index (χ3n) is 0.829. The zero-order chi connectivity index (χ0) is 7.11. The van der Waals surface area contributed by atoms with E-state index in [1.807, 2.05) is 12.1 Å². The minimum atomic E-state index is 0.312. The van der Waals surface area contributed by atoms with Gasteiger partial charge in [-0.25, -0.2) is 12.1 Å². The molecule has 9 heavy (non-hydrogen) atoms.